The van der Waals surface area contributed by atoms with E-state index in [1.165, 1.54) is 12.1 Å². The fourth-order valence-electron chi connectivity index (χ4n) is 4.23. The van der Waals surface area contributed by atoms with Crippen molar-refractivity contribution in [3.8, 4) is 17.0 Å². The van der Waals surface area contributed by atoms with Crippen LogP contribution in [0.5, 0.6) is 5.75 Å². The van der Waals surface area contributed by atoms with Gasteiger partial charge in [-0.05, 0) is 54.1 Å². The minimum atomic E-state index is -0.314. The number of methoxy groups -OCH3 is 1. The monoisotopic (exact) mass is 489 g/mol. The number of ether oxygens (including phenoxy) is 2. The topological polar surface area (TPSA) is 81.5 Å². The van der Waals surface area contributed by atoms with Crippen LogP contribution in [-0.4, -0.2) is 65.9 Å². The van der Waals surface area contributed by atoms with Crippen LogP contribution in [0.2, 0.25) is 0 Å². The number of aromatic nitrogens is 3. The minimum absolute atomic E-state index is 0.246. The second kappa shape index (κ2) is 10.8. The SMILES string of the molecule is COc1ccc(Cn2c(=O)c(NCCN3CCOCC3)nc3ccc(-c4ccc(F)cc4)nc32)cc1. The van der Waals surface area contributed by atoms with Crippen LogP contribution in [0.3, 0.4) is 0 Å². The van der Waals surface area contributed by atoms with Crippen molar-refractivity contribution in [3.05, 3.63) is 82.4 Å². The minimum Gasteiger partial charge on any atom is -0.497 e. The number of nitrogens with zero attached hydrogens (tertiary/aromatic N) is 4. The summed E-state index contributed by atoms with van der Waals surface area (Å²) in [5, 5.41) is 3.23. The van der Waals surface area contributed by atoms with E-state index in [9.17, 15) is 9.18 Å². The van der Waals surface area contributed by atoms with Crippen LogP contribution < -0.4 is 15.6 Å². The fourth-order valence-corrected chi connectivity index (χ4v) is 4.23. The van der Waals surface area contributed by atoms with Gasteiger partial charge in [0.15, 0.2) is 11.5 Å². The van der Waals surface area contributed by atoms with E-state index < -0.39 is 0 Å². The van der Waals surface area contributed by atoms with E-state index in [1.807, 2.05) is 36.4 Å². The van der Waals surface area contributed by atoms with E-state index in [0.29, 0.717) is 35.8 Å². The number of rotatable bonds is 8. The molecule has 0 amide bonds. The van der Waals surface area contributed by atoms with E-state index in [1.54, 1.807) is 23.8 Å². The molecule has 8 nitrogen and oxygen atoms in total. The number of anilines is 1. The van der Waals surface area contributed by atoms with Gasteiger partial charge in [0.2, 0.25) is 0 Å². The van der Waals surface area contributed by atoms with Crippen molar-refractivity contribution in [2.24, 2.45) is 0 Å². The highest BCUT2D eigenvalue weighted by Crippen LogP contribution is 2.22. The summed E-state index contributed by atoms with van der Waals surface area (Å²) in [6.45, 7) is 4.92. The summed E-state index contributed by atoms with van der Waals surface area (Å²) in [7, 11) is 1.62. The van der Waals surface area contributed by atoms with Crippen LogP contribution in [0.25, 0.3) is 22.4 Å². The van der Waals surface area contributed by atoms with Gasteiger partial charge >= 0.3 is 0 Å². The number of nitrogens with one attached hydrogen (secondary N) is 1. The van der Waals surface area contributed by atoms with Crippen molar-refractivity contribution in [1.82, 2.24) is 19.4 Å². The Kier molecular flexibility index (Phi) is 7.20. The third-order valence-electron chi connectivity index (χ3n) is 6.25. The lowest BCUT2D eigenvalue weighted by atomic mass is 10.1. The molecule has 2 aromatic carbocycles. The molecule has 5 rings (SSSR count). The molecule has 0 radical (unpaired) electrons. The number of morpholine rings is 1. The van der Waals surface area contributed by atoms with Crippen molar-refractivity contribution in [2.75, 3.05) is 51.8 Å². The fraction of sp³-hybridized carbons (Fsp3) is 0.296. The van der Waals surface area contributed by atoms with Gasteiger partial charge in [-0.3, -0.25) is 14.3 Å². The van der Waals surface area contributed by atoms with E-state index >= 15 is 0 Å². The molecular formula is C27H28FN5O3. The van der Waals surface area contributed by atoms with Gasteiger partial charge < -0.3 is 14.8 Å². The molecule has 0 atom stereocenters. The molecule has 1 aliphatic rings. The number of benzene rings is 2. The first kappa shape index (κ1) is 23.9. The quantitative estimate of drug-likeness (QED) is 0.406. The van der Waals surface area contributed by atoms with Crippen molar-refractivity contribution in [2.45, 2.75) is 6.54 Å². The average Bonchev–Trinajstić information content (AvgIpc) is 2.92. The summed E-state index contributed by atoms with van der Waals surface area (Å²) < 4.78 is 25.7. The first-order chi connectivity index (χ1) is 17.6. The third-order valence-corrected chi connectivity index (χ3v) is 6.25. The van der Waals surface area contributed by atoms with Gasteiger partial charge in [0.1, 0.15) is 17.1 Å². The molecule has 2 aromatic heterocycles. The summed E-state index contributed by atoms with van der Waals surface area (Å²) in [6, 6.07) is 17.4. The Morgan fingerprint density at radius 2 is 1.75 bits per heavy atom. The zero-order chi connectivity index (χ0) is 24.9. The molecule has 3 heterocycles. The Morgan fingerprint density at radius 1 is 1.00 bits per heavy atom. The highest BCUT2D eigenvalue weighted by molar-refractivity contribution is 5.76. The number of halogens is 1. The summed E-state index contributed by atoms with van der Waals surface area (Å²) in [5.41, 5.74) is 3.15. The predicted molar refractivity (Wildman–Crippen MR) is 137 cm³/mol. The summed E-state index contributed by atoms with van der Waals surface area (Å²) in [5.74, 6) is 0.721. The lowest BCUT2D eigenvalue weighted by Gasteiger charge is -2.26. The molecule has 36 heavy (non-hydrogen) atoms. The number of hydrogen-bond acceptors (Lipinski definition) is 7. The van der Waals surface area contributed by atoms with Crippen LogP contribution in [0.15, 0.2) is 65.5 Å². The molecule has 1 saturated heterocycles. The smallest absolute Gasteiger partial charge is 0.295 e. The van der Waals surface area contributed by atoms with Gasteiger partial charge in [0, 0.05) is 31.7 Å². The molecule has 1 aliphatic heterocycles. The maximum absolute atomic E-state index is 13.6. The van der Waals surface area contributed by atoms with Crippen molar-refractivity contribution in [3.63, 3.8) is 0 Å². The Labute approximate surface area is 208 Å². The normalized spacial score (nSPS) is 14.2. The number of pyridine rings is 1. The van der Waals surface area contributed by atoms with Gasteiger partial charge in [0.05, 0.1) is 32.6 Å². The maximum atomic E-state index is 13.6. The molecule has 0 spiro atoms. The molecule has 0 unspecified atom stereocenters. The van der Waals surface area contributed by atoms with Crippen LogP contribution in [0.4, 0.5) is 10.2 Å². The maximum Gasteiger partial charge on any atom is 0.295 e. The van der Waals surface area contributed by atoms with E-state index in [4.69, 9.17) is 14.5 Å². The number of fused-ring (bicyclic) bond motifs is 1. The van der Waals surface area contributed by atoms with E-state index in [-0.39, 0.29) is 11.4 Å². The van der Waals surface area contributed by atoms with Crippen LogP contribution in [0.1, 0.15) is 5.56 Å². The predicted octanol–water partition coefficient (Wildman–Crippen LogP) is 3.40. The first-order valence-corrected chi connectivity index (χ1v) is 11.9. The van der Waals surface area contributed by atoms with Crippen LogP contribution in [0, 0.1) is 5.82 Å². The highest BCUT2D eigenvalue weighted by atomic mass is 19.1. The van der Waals surface area contributed by atoms with E-state index in [0.717, 1.165) is 49.7 Å². The second-order valence-corrected chi connectivity index (χ2v) is 8.63. The van der Waals surface area contributed by atoms with Gasteiger partial charge in [-0.15, -0.1) is 0 Å². The van der Waals surface area contributed by atoms with Crippen molar-refractivity contribution < 1.29 is 13.9 Å². The molecule has 1 fully saturated rings. The molecule has 0 saturated carbocycles. The van der Waals surface area contributed by atoms with Crippen LogP contribution in [-0.2, 0) is 11.3 Å². The van der Waals surface area contributed by atoms with Gasteiger partial charge in [-0.2, -0.15) is 0 Å². The highest BCUT2D eigenvalue weighted by Gasteiger charge is 2.15. The first-order valence-electron chi connectivity index (χ1n) is 11.9. The molecule has 1 N–H and O–H groups in total. The lowest BCUT2D eigenvalue weighted by molar-refractivity contribution is 0.0398. The average molecular weight is 490 g/mol. The molecular weight excluding hydrogens is 461 g/mol. The summed E-state index contributed by atoms with van der Waals surface area (Å²) in [4.78, 5) is 25.2. The Hall–Kier alpha value is -3.82. The molecule has 4 aromatic rings. The molecule has 0 bridgehead atoms. The zero-order valence-corrected chi connectivity index (χ0v) is 20.1. The Balaban J connectivity index is 1.50. The lowest BCUT2D eigenvalue weighted by Crippen LogP contribution is -2.39. The number of hydrogen-bond donors (Lipinski definition) is 1. The standard InChI is InChI=1S/C27H28FN5O3/c1-35-22-8-2-19(3-9-22)18-33-26-24(11-10-23(31-26)20-4-6-21(28)7-5-20)30-25(27(33)34)29-12-13-32-14-16-36-17-15-32/h2-11H,12-18H2,1H3,(H,29,30). The Bertz CT molecular complexity index is 1380. The largest absolute Gasteiger partial charge is 0.497 e. The second-order valence-electron chi connectivity index (χ2n) is 8.63. The van der Waals surface area contributed by atoms with Crippen molar-refractivity contribution >= 4 is 17.0 Å². The van der Waals surface area contributed by atoms with Gasteiger partial charge in [0.25, 0.3) is 5.56 Å². The van der Waals surface area contributed by atoms with Gasteiger partial charge in [-0.1, -0.05) is 12.1 Å². The van der Waals surface area contributed by atoms with Crippen LogP contribution >= 0.6 is 0 Å². The third kappa shape index (κ3) is 5.37. The van der Waals surface area contributed by atoms with Crippen molar-refractivity contribution in [1.29, 1.82) is 0 Å². The molecule has 186 valence electrons. The van der Waals surface area contributed by atoms with Gasteiger partial charge in [-0.25, -0.2) is 14.4 Å². The van der Waals surface area contributed by atoms with E-state index in [2.05, 4.69) is 15.2 Å². The Morgan fingerprint density at radius 3 is 2.47 bits per heavy atom. The summed E-state index contributed by atoms with van der Waals surface area (Å²) >= 11 is 0. The molecule has 9 heteroatoms. The summed E-state index contributed by atoms with van der Waals surface area (Å²) in [6.07, 6.45) is 0. The molecule has 0 aliphatic carbocycles. The zero-order valence-electron chi connectivity index (χ0n) is 20.1.